The van der Waals surface area contributed by atoms with Gasteiger partial charge in [-0.15, -0.1) is 0 Å². The topological polar surface area (TPSA) is 86.6 Å². The summed E-state index contributed by atoms with van der Waals surface area (Å²) in [5.74, 6) is -1.47. The predicted molar refractivity (Wildman–Crippen MR) is 57.3 cm³/mol. The quantitative estimate of drug-likeness (QED) is 0.710. The summed E-state index contributed by atoms with van der Waals surface area (Å²) in [5, 5.41) is 20.2. The van der Waals surface area contributed by atoms with Crippen molar-refractivity contribution in [2.45, 2.75) is 19.4 Å². The number of nitrogens with one attached hydrogen (secondary N) is 1. The van der Waals surface area contributed by atoms with E-state index in [1.54, 1.807) is 6.92 Å². The van der Waals surface area contributed by atoms with Gasteiger partial charge in [0.05, 0.1) is 0 Å². The monoisotopic (exact) mass is 223 g/mol. The van der Waals surface area contributed by atoms with Gasteiger partial charge in [0.2, 0.25) is 0 Å². The number of phenols is 1. The molecule has 1 aromatic rings. The highest BCUT2D eigenvalue weighted by Gasteiger charge is 2.18. The molecule has 0 spiro atoms. The zero-order valence-electron chi connectivity index (χ0n) is 8.80. The number of carbonyl (C=O) groups excluding carboxylic acids is 1. The first-order valence-corrected chi connectivity index (χ1v) is 4.87. The standard InChI is InChI=1S/C11H13NO4/c1-2-9(11(15)16)12-10(14)7-3-5-8(13)6-4-7/h3-6,9,13H,2H2,1H3,(H,12,14)(H,15,16)/t9-/m1/s1. The van der Waals surface area contributed by atoms with Gasteiger partial charge < -0.3 is 15.5 Å². The van der Waals surface area contributed by atoms with Crippen LogP contribution in [0.15, 0.2) is 24.3 Å². The smallest absolute Gasteiger partial charge is 0.326 e. The first-order valence-electron chi connectivity index (χ1n) is 4.87. The van der Waals surface area contributed by atoms with Crippen LogP contribution in [0, 0.1) is 0 Å². The van der Waals surface area contributed by atoms with Gasteiger partial charge in [-0.2, -0.15) is 0 Å². The van der Waals surface area contributed by atoms with E-state index < -0.39 is 17.9 Å². The van der Waals surface area contributed by atoms with E-state index in [1.807, 2.05) is 0 Å². The predicted octanol–water partition coefficient (Wildman–Crippen LogP) is 0.985. The first-order chi connectivity index (χ1) is 7.54. The highest BCUT2D eigenvalue weighted by molar-refractivity contribution is 5.96. The molecule has 0 fully saturated rings. The Morgan fingerprint density at radius 2 is 1.88 bits per heavy atom. The molecular weight excluding hydrogens is 210 g/mol. The van der Waals surface area contributed by atoms with E-state index in [2.05, 4.69) is 5.32 Å². The number of benzene rings is 1. The third-order valence-electron chi connectivity index (χ3n) is 2.14. The zero-order chi connectivity index (χ0) is 12.1. The third kappa shape index (κ3) is 2.98. The van der Waals surface area contributed by atoms with Crippen LogP contribution in [-0.2, 0) is 4.79 Å². The molecule has 3 N–H and O–H groups in total. The van der Waals surface area contributed by atoms with Crippen molar-refractivity contribution >= 4 is 11.9 Å². The fraction of sp³-hybridized carbons (Fsp3) is 0.273. The van der Waals surface area contributed by atoms with Crippen molar-refractivity contribution < 1.29 is 19.8 Å². The van der Waals surface area contributed by atoms with Crippen molar-refractivity contribution in [2.75, 3.05) is 0 Å². The summed E-state index contributed by atoms with van der Waals surface area (Å²) >= 11 is 0. The molecule has 0 unspecified atom stereocenters. The number of aliphatic carboxylic acids is 1. The molecule has 0 saturated carbocycles. The zero-order valence-corrected chi connectivity index (χ0v) is 8.80. The molecule has 0 saturated heterocycles. The van der Waals surface area contributed by atoms with Crippen LogP contribution in [0.3, 0.4) is 0 Å². The van der Waals surface area contributed by atoms with E-state index in [4.69, 9.17) is 10.2 Å². The van der Waals surface area contributed by atoms with Crippen molar-refractivity contribution in [3.8, 4) is 5.75 Å². The molecule has 5 heteroatoms. The number of rotatable bonds is 4. The lowest BCUT2D eigenvalue weighted by atomic mass is 10.1. The number of aromatic hydroxyl groups is 1. The minimum Gasteiger partial charge on any atom is -0.508 e. The van der Waals surface area contributed by atoms with Gasteiger partial charge in [0.1, 0.15) is 11.8 Å². The second-order valence-electron chi connectivity index (χ2n) is 3.32. The molecule has 1 rings (SSSR count). The molecule has 1 aromatic carbocycles. The van der Waals surface area contributed by atoms with Gasteiger partial charge in [-0.1, -0.05) is 6.92 Å². The molecule has 0 radical (unpaired) electrons. The van der Waals surface area contributed by atoms with Gasteiger partial charge in [0, 0.05) is 5.56 Å². The van der Waals surface area contributed by atoms with Crippen LogP contribution in [-0.4, -0.2) is 28.1 Å². The summed E-state index contributed by atoms with van der Waals surface area (Å²) < 4.78 is 0. The molecule has 86 valence electrons. The summed E-state index contributed by atoms with van der Waals surface area (Å²) in [5.41, 5.74) is 0.317. The van der Waals surface area contributed by atoms with E-state index in [1.165, 1.54) is 24.3 Å². The number of amides is 1. The lowest BCUT2D eigenvalue weighted by molar-refractivity contribution is -0.139. The summed E-state index contributed by atoms with van der Waals surface area (Å²) in [4.78, 5) is 22.3. The van der Waals surface area contributed by atoms with E-state index in [0.717, 1.165) is 0 Å². The van der Waals surface area contributed by atoms with E-state index in [9.17, 15) is 9.59 Å². The van der Waals surface area contributed by atoms with Gasteiger partial charge in [0.15, 0.2) is 0 Å². The molecule has 0 heterocycles. The third-order valence-corrected chi connectivity index (χ3v) is 2.14. The second-order valence-corrected chi connectivity index (χ2v) is 3.32. The van der Waals surface area contributed by atoms with Crippen molar-refractivity contribution in [3.63, 3.8) is 0 Å². The molecule has 5 nitrogen and oxygen atoms in total. The second kappa shape index (κ2) is 5.16. The van der Waals surface area contributed by atoms with Crippen LogP contribution >= 0.6 is 0 Å². The molecule has 1 atom stereocenters. The normalized spacial score (nSPS) is 11.8. The highest BCUT2D eigenvalue weighted by Crippen LogP contribution is 2.09. The summed E-state index contributed by atoms with van der Waals surface area (Å²) in [7, 11) is 0. The van der Waals surface area contributed by atoms with E-state index in [0.29, 0.717) is 12.0 Å². The van der Waals surface area contributed by atoms with Crippen LogP contribution in [0.4, 0.5) is 0 Å². The highest BCUT2D eigenvalue weighted by atomic mass is 16.4. The lowest BCUT2D eigenvalue weighted by Crippen LogP contribution is -2.40. The van der Waals surface area contributed by atoms with Crippen LogP contribution < -0.4 is 5.32 Å². The summed E-state index contributed by atoms with van der Waals surface area (Å²) in [6, 6.07) is 4.72. The van der Waals surface area contributed by atoms with Crippen LogP contribution in [0.2, 0.25) is 0 Å². The summed E-state index contributed by atoms with van der Waals surface area (Å²) in [6.45, 7) is 1.68. The Kier molecular flexibility index (Phi) is 3.88. The van der Waals surface area contributed by atoms with Gasteiger partial charge in [0.25, 0.3) is 5.91 Å². The van der Waals surface area contributed by atoms with E-state index >= 15 is 0 Å². The fourth-order valence-corrected chi connectivity index (χ4v) is 1.19. The maximum atomic E-state index is 11.6. The Hall–Kier alpha value is -2.04. The molecular formula is C11H13NO4. The maximum absolute atomic E-state index is 11.6. The van der Waals surface area contributed by atoms with Gasteiger partial charge in [-0.3, -0.25) is 4.79 Å². The van der Waals surface area contributed by atoms with E-state index in [-0.39, 0.29) is 5.75 Å². The molecule has 0 bridgehead atoms. The summed E-state index contributed by atoms with van der Waals surface area (Å²) in [6.07, 6.45) is 0.319. The van der Waals surface area contributed by atoms with Crippen LogP contribution in [0.1, 0.15) is 23.7 Å². The Bertz CT molecular complexity index is 385. The van der Waals surface area contributed by atoms with Crippen molar-refractivity contribution in [2.24, 2.45) is 0 Å². The minimum atomic E-state index is -1.06. The van der Waals surface area contributed by atoms with Crippen molar-refractivity contribution in [3.05, 3.63) is 29.8 Å². The Labute approximate surface area is 92.7 Å². The number of hydrogen-bond acceptors (Lipinski definition) is 3. The van der Waals surface area contributed by atoms with Crippen LogP contribution in [0.5, 0.6) is 5.75 Å². The van der Waals surface area contributed by atoms with Gasteiger partial charge in [-0.05, 0) is 30.7 Å². The molecule has 1 amide bonds. The van der Waals surface area contributed by atoms with Gasteiger partial charge in [-0.25, -0.2) is 4.79 Å². The lowest BCUT2D eigenvalue weighted by Gasteiger charge is -2.11. The largest absolute Gasteiger partial charge is 0.508 e. The number of carboxylic acid groups (broad SMARTS) is 1. The number of carbonyl (C=O) groups is 2. The van der Waals surface area contributed by atoms with Crippen LogP contribution in [0.25, 0.3) is 0 Å². The Morgan fingerprint density at radius 3 is 2.31 bits per heavy atom. The molecule has 0 aliphatic heterocycles. The fourth-order valence-electron chi connectivity index (χ4n) is 1.19. The molecule has 0 aromatic heterocycles. The number of carboxylic acids is 1. The number of phenolic OH excluding ortho intramolecular Hbond substituents is 1. The Balaban J connectivity index is 2.71. The Morgan fingerprint density at radius 1 is 1.31 bits per heavy atom. The molecule has 16 heavy (non-hydrogen) atoms. The first kappa shape index (κ1) is 12.0. The average Bonchev–Trinajstić information content (AvgIpc) is 2.26. The SMILES string of the molecule is CC[C@@H](NC(=O)c1ccc(O)cc1)C(=O)O. The average molecular weight is 223 g/mol. The van der Waals surface area contributed by atoms with Crippen molar-refractivity contribution in [1.82, 2.24) is 5.32 Å². The number of hydrogen-bond donors (Lipinski definition) is 3. The minimum absolute atomic E-state index is 0.0572. The van der Waals surface area contributed by atoms with Crippen molar-refractivity contribution in [1.29, 1.82) is 0 Å². The van der Waals surface area contributed by atoms with Gasteiger partial charge >= 0.3 is 5.97 Å². The molecule has 0 aliphatic carbocycles. The molecule has 0 aliphatic rings. The maximum Gasteiger partial charge on any atom is 0.326 e.